The lowest BCUT2D eigenvalue weighted by molar-refractivity contribution is -0.384. The Morgan fingerprint density at radius 2 is 1.96 bits per heavy atom. The van der Waals surface area contributed by atoms with E-state index in [0.717, 1.165) is 11.1 Å². The molecule has 3 aromatic rings. The summed E-state index contributed by atoms with van der Waals surface area (Å²) in [6.45, 7) is 2.02. The molecule has 0 bridgehead atoms. The van der Waals surface area contributed by atoms with Crippen LogP contribution >= 0.6 is 0 Å². The van der Waals surface area contributed by atoms with Gasteiger partial charge in [-0.25, -0.2) is 4.98 Å². The lowest BCUT2D eigenvalue weighted by Crippen LogP contribution is -1.99. The molecule has 0 saturated heterocycles. The van der Waals surface area contributed by atoms with E-state index in [9.17, 15) is 15.2 Å². The van der Waals surface area contributed by atoms with Crippen molar-refractivity contribution in [2.24, 2.45) is 0 Å². The number of rotatable bonds is 5. The first-order valence-corrected chi connectivity index (χ1v) is 7.55. The number of hydrogen-bond donors (Lipinski definition) is 1. The number of fused-ring (bicyclic) bond motifs is 1. The van der Waals surface area contributed by atoms with E-state index >= 15 is 0 Å². The van der Waals surface area contributed by atoms with Crippen LogP contribution in [0.3, 0.4) is 0 Å². The molecular formula is C18H16N2O4. The number of pyridine rings is 1. The third-order valence-electron chi connectivity index (χ3n) is 3.80. The first-order valence-electron chi connectivity index (χ1n) is 7.55. The molecule has 0 saturated carbocycles. The number of nitro benzene ring substituents is 1. The minimum atomic E-state index is -0.501. The van der Waals surface area contributed by atoms with Crippen LogP contribution in [0.4, 0.5) is 5.69 Å². The van der Waals surface area contributed by atoms with Gasteiger partial charge in [-0.2, -0.15) is 0 Å². The second-order valence-corrected chi connectivity index (χ2v) is 5.17. The van der Waals surface area contributed by atoms with E-state index in [1.165, 1.54) is 6.20 Å². The molecule has 0 spiro atoms. The molecule has 0 radical (unpaired) electrons. The highest BCUT2D eigenvalue weighted by Crippen LogP contribution is 2.37. The Morgan fingerprint density at radius 1 is 1.17 bits per heavy atom. The van der Waals surface area contributed by atoms with Gasteiger partial charge in [-0.05, 0) is 30.7 Å². The van der Waals surface area contributed by atoms with E-state index in [4.69, 9.17) is 4.74 Å². The van der Waals surface area contributed by atoms with E-state index in [1.54, 1.807) is 12.1 Å². The maximum absolute atomic E-state index is 11.4. The molecule has 6 heteroatoms. The predicted octanol–water partition coefficient (Wildman–Crippen LogP) is 3.70. The predicted molar refractivity (Wildman–Crippen MR) is 90.9 cm³/mol. The molecule has 0 fully saturated rings. The van der Waals surface area contributed by atoms with Gasteiger partial charge in [-0.3, -0.25) is 10.1 Å². The summed E-state index contributed by atoms with van der Waals surface area (Å²) in [5.41, 5.74) is 1.99. The molecule has 1 heterocycles. The van der Waals surface area contributed by atoms with Gasteiger partial charge < -0.3 is 9.84 Å². The zero-order chi connectivity index (χ0) is 17.1. The number of aliphatic hydroxyl groups is 1. The fourth-order valence-electron chi connectivity index (χ4n) is 2.78. The number of hydrogen-bond acceptors (Lipinski definition) is 5. The van der Waals surface area contributed by atoms with Crippen molar-refractivity contribution in [3.05, 3.63) is 64.3 Å². The smallest absolute Gasteiger partial charge is 0.300 e. The molecule has 0 atom stereocenters. The molecule has 0 aliphatic carbocycles. The van der Waals surface area contributed by atoms with E-state index in [1.807, 2.05) is 37.3 Å². The zero-order valence-electron chi connectivity index (χ0n) is 13.1. The fourth-order valence-corrected chi connectivity index (χ4v) is 2.78. The largest absolute Gasteiger partial charge is 0.493 e. The number of ether oxygens (including phenoxy) is 1. The number of aromatic nitrogens is 1. The first kappa shape index (κ1) is 15.9. The lowest BCUT2D eigenvalue weighted by Gasteiger charge is -2.12. The third kappa shape index (κ3) is 2.68. The molecule has 1 aromatic heterocycles. The summed E-state index contributed by atoms with van der Waals surface area (Å²) < 4.78 is 5.67. The average molecular weight is 324 g/mol. The van der Waals surface area contributed by atoms with Crippen LogP contribution in [0.2, 0.25) is 0 Å². The van der Waals surface area contributed by atoms with Crippen LogP contribution in [-0.4, -0.2) is 21.6 Å². The molecule has 3 rings (SSSR count). The van der Waals surface area contributed by atoms with E-state index in [0.29, 0.717) is 17.7 Å². The molecule has 0 unspecified atom stereocenters. The SMILES string of the molecule is CCOc1ccccc1-c1ccnc2c([N+](=O)[O-])c(CO)ccc12. The summed E-state index contributed by atoms with van der Waals surface area (Å²) in [5.74, 6) is 0.710. The number of aliphatic hydroxyl groups excluding tert-OH is 1. The van der Waals surface area contributed by atoms with Gasteiger partial charge in [-0.15, -0.1) is 0 Å². The topological polar surface area (TPSA) is 85.5 Å². The highest BCUT2D eigenvalue weighted by molar-refractivity contribution is 6.00. The number of nitrogens with zero attached hydrogens (tertiary/aromatic N) is 2. The van der Waals surface area contributed by atoms with Crippen LogP contribution in [0.1, 0.15) is 12.5 Å². The van der Waals surface area contributed by atoms with Crippen molar-refractivity contribution < 1.29 is 14.8 Å². The zero-order valence-corrected chi connectivity index (χ0v) is 13.1. The van der Waals surface area contributed by atoms with Crippen LogP contribution in [0, 0.1) is 10.1 Å². The maximum atomic E-state index is 11.4. The quantitative estimate of drug-likeness (QED) is 0.571. The van der Waals surface area contributed by atoms with Gasteiger partial charge in [0.15, 0.2) is 0 Å². The molecule has 0 amide bonds. The second-order valence-electron chi connectivity index (χ2n) is 5.17. The fraction of sp³-hybridized carbons (Fsp3) is 0.167. The van der Waals surface area contributed by atoms with Crippen molar-refractivity contribution in [2.45, 2.75) is 13.5 Å². The van der Waals surface area contributed by atoms with Gasteiger partial charge in [0.05, 0.1) is 23.7 Å². The molecule has 1 N–H and O–H groups in total. The number of nitro groups is 1. The van der Waals surface area contributed by atoms with Crippen molar-refractivity contribution in [1.82, 2.24) is 4.98 Å². The Labute approximate surface area is 138 Å². The standard InChI is InChI=1S/C18H16N2O4/c1-2-24-16-6-4-3-5-14(16)13-9-10-19-17-15(13)8-7-12(11-21)18(17)20(22)23/h3-10,21H,2,11H2,1H3. The minimum absolute atomic E-state index is 0.161. The van der Waals surface area contributed by atoms with E-state index in [-0.39, 0.29) is 16.8 Å². The van der Waals surface area contributed by atoms with Crippen molar-refractivity contribution in [2.75, 3.05) is 6.61 Å². The molecule has 2 aromatic carbocycles. The Morgan fingerprint density at radius 3 is 2.67 bits per heavy atom. The Kier molecular flexibility index (Phi) is 4.39. The normalized spacial score (nSPS) is 10.8. The first-order chi connectivity index (χ1) is 11.7. The van der Waals surface area contributed by atoms with Gasteiger partial charge in [0.1, 0.15) is 11.3 Å². The van der Waals surface area contributed by atoms with Crippen molar-refractivity contribution in [3.8, 4) is 16.9 Å². The maximum Gasteiger partial charge on any atom is 0.300 e. The van der Waals surface area contributed by atoms with E-state index < -0.39 is 11.5 Å². The highest BCUT2D eigenvalue weighted by atomic mass is 16.6. The van der Waals surface area contributed by atoms with Crippen LogP contribution in [0.5, 0.6) is 5.75 Å². The Bertz CT molecular complexity index is 909. The van der Waals surface area contributed by atoms with Gasteiger partial charge in [0, 0.05) is 17.1 Å². The minimum Gasteiger partial charge on any atom is -0.493 e. The number of para-hydroxylation sites is 1. The van der Waals surface area contributed by atoms with Gasteiger partial charge >= 0.3 is 5.69 Å². The molecule has 0 aliphatic heterocycles. The van der Waals surface area contributed by atoms with Crippen LogP contribution in [0.25, 0.3) is 22.0 Å². The summed E-state index contributed by atoms with van der Waals surface area (Å²) in [6, 6.07) is 12.7. The molecule has 122 valence electrons. The summed E-state index contributed by atoms with van der Waals surface area (Å²) >= 11 is 0. The highest BCUT2D eigenvalue weighted by Gasteiger charge is 2.21. The van der Waals surface area contributed by atoms with Crippen LogP contribution in [0.15, 0.2) is 48.7 Å². The molecule has 0 aliphatic rings. The molecular weight excluding hydrogens is 308 g/mol. The van der Waals surface area contributed by atoms with Crippen LogP contribution in [-0.2, 0) is 6.61 Å². The monoisotopic (exact) mass is 324 g/mol. The Hall–Kier alpha value is -2.99. The summed E-state index contributed by atoms with van der Waals surface area (Å²) in [5, 5.41) is 21.5. The summed E-state index contributed by atoms with van der Waals surface area (Å²) in [6.07, 6.45) is 1.54. The van der Waals surface area contributed by atoms with Crippen molar-refractivity contribution in [3.63, 3.8) is 0 Å². The van der Waals surface area contributed by atoms with Gasteiger partial charge in [0.2, 0.25) is 0 Å². The Balaban J connectivity index is 2.32. The van der Waals surface area contributed by atoms with Crippen molar-refractivity contribution in [1.29, 1.82) is 0 Å². The third-order valence-corrected chi connectivity index (χ3v) is 3.80. The van der Waals surface area contributed by atoms with E-state index in [2.05, 4.69) is 4.98 Å². The molecule has 6 nitrogen and oxygen atoms in total. The van der Waals surface area contributed by atoms with Crippen LogP contribution < -0.4 is 4.74 Å². The average Bonchev–Trinajstić information content (AvgIpc) is 2.60. The second kappa shape index (κ2) is 6.64. The number of benzene rings is 2. The van der Waals surface area contributed by atoms with Gasteiger partial charge in [-0.1, -0.05) is 24.3 Å². The lowest BCUT2D eigenvalue weighted by atomic mass is 9.98. The summed E-state index contributed by atoms with van der Waals surface area (Å²) in [7, 11) is 0. The van der Waals surface area contributed by atoms with Crippen molar-refractivity contribution >= 4 is 16.6 Å². The summed E-state index contributed by atoms with van der Waals surface area (Å²) in [4.78, 5) is 15.1. The van der Waals surface area contributed by atoms with Gasteiger partial charge in [0.25, 0.3) is 0 Å². The molecule has 24 heavy (non-hydrogen) atoms.